The maximum absolute atomic E-state index is 5.30. The Morgan fingerprint density at radius 1 is 1.32 bits per heavy atom. The van der Waals surface area contributed by atoms with Crippen LogP contribution < -0.4 is 10.1 Å². The van der Waals surface area contributed by atoms with Gasteiger partial charge >= 0.3 is 0 Å². The van der Waals surface area contributed by atoms with E-state index >= 15 is 0 Å². The van der Waals surface area contributed by atoms with Crippen LogP contribution in [0.15, 0.2) is 18.5 Å². The average Bonchev–Trinajstić information content (AvgIpc) is 2.90. The first-order chi connectivity index (χ1) is 9.14. The number of nitrogens with zero attached hydrogens (tertiary/aromatic N) is 2. The number of nitrogens with one attached hydrogen (secondary N) is 1. The largest absolute Gasteiger partial charge is 0.495 e. The van der Waals surface area contributed by atoms with Gasteiger partial charge in [0, 0.05) is 11.7 Å². The first kappa shape index (κ1) is 14.3. The number of ether oxygens (including phenoxy) is 1. The van der Waals surface area contributed by atoms with Crippen LogP contribution in [0.25, 0.3) is 0 Å². The van der Waals surface area contributed by atoms with E-state index in [1.54, 1.807) is 13.3 Å². The zero-order valence-electron chi connectivity index (χ0n) is 12.4. The Morgan fingerprint density at radius 2 is 2.00 bits per heavy atom. The highest BCUT2D eigenvalue weighted by Gasteiger charge is 2.43. The summed E-state index contributed by atoms with van der Waals surface area (Å²) < 4.78 is 5.30. The topological polar surface area (TPSA) is 37.4 Å². The molecule has 0 aromatic carbocycles. The van der Waals surface area contributed by atoms with Gasteiger partial charge in [0.05, 0.1) is 19.3 Å². The van der Waals surface area contributed by atoms with Gasteiger partial charge in [-0.25, -0.2) is 0 Å². The predicted octanol–water partition coefficient (Wildman–Crippen LogP) is 2.23. The molecule has 0 amide bonds. The molecule has 0 spiro atoms. The fourth-order valence-corrected chi connectivity index (χ4v) is 3.43. The molecular weight excluding hydrogens is 238 g/mol. The highest BCUT2D eigenvalue weighted by molar-refractivity contribution is 5.29. The van der Waals surface area contributed by atoms with Crippen molar-refractivity contribution in [1.29, 1.82) is 0 Å². The summed E-state index contributed by atoms with van der Waals surface area (Å²) in [6.07, 6.45) is 8.76. The van der Waals surface area contributed by atoms with Gasteiger partial charge in [-0.15, -0.1) is 0 Å². The molecule has 1 saturated carbocycles. The lowest BCUT2D eigenvalue weighted by Crippen LogP contribution is -2.51. The third-order valence-electron chi connectivity index (χ3n) is 4.49. The molecule has 1 aromatic rings. The number of likely N-dealkylation sites (N-methyl/N-ethyl adjacent to an activating group) is 2. The second kappa shape index (κ2) is 5.88. The van der Waals surface area contributed by atoms with E-state index in [0.717, 1.165) is 5.75 Å². The smallest absolute Gasteiger partial charge is 0.137 e. The summed E-state index contributed by atoms with van der Waals surface area (Å²) in [5.41, 5.74) is 1.39. The van der Waals surface area contributed by atoms with Crippen LogP contribution in [-0.2, 0) is 0 Å². The van der Waals surface area contributed by atoms with E-state index < -0.39 is 0 Å². The van der Waals surface area contributed by atoms with Crippen LogP contribution in [0.5, 0.6) is 5.75 Å². The highest BCUT2D eigenvalue weighted by Crippen LogP contribution is 2.43. The third kappa shape index (κ3) is 2.60. The lowest BCUT2D eigenvalue weighted by molar-refractivity contribution is 0.108. The van der Waals surface area contributed by atoms with E-state index in [4.69, 9.17) is 4.74 Å². The standard InChI is InChI=1S/C15H25N3O/c1-16-14(12-9-13(19-4)11-17-10-12)15(18(2)3)7-5-6-8-15/h9-11,14,16H,5-8H2,1-4H3. The Morgan fingerprint density at radius 3 is 2.53 bits per heavy atom. The molecule has 2 rings (SSSR count). The molecule has 19 heavy (non-hydrogen) atoms. The van der Waals surface area contributed by atoms with Crippen LogP contribution in [-0.4, -0.2) is 43.7 Å². The number of hydrogen-bond donors (Lipinski definition) is 1. The molecule has 1 unspecified atom stereocenters. The minimum atomic E-state index is 0.183. The number of hydrogen-bond acceptors (Lipinski definition) is 4. The fraction of sp³-hybridized carbons (Fsp3) is 0.667. The minimum Gasteiger partial charge on any atom is -0.495 e. The molecule has 4 heteroatoms. The van der Waals surface area contributed by atoms with Crippen molar-refractivity contribution in [2.75, 3.05) is 28.3 Å². The van der Waals surface area contributed by atoms with E-state index in [-0.39, 0.29) is 11.6 Å². The van der Waals surface area contributed by atoms with Gasteiger partial charge in [-0.05, 0) is 45.6 Å². The first-order valence-electron chi connectivity index (χ1n) is 6.97. The molecule has 1 aliphatic rings. The molecule has 1 aliphatic carbocycles. The van der Waals surface area contributed by atoms with Gasteiger partial charge in [-0.2, -0.15) is 0 Å². The summed E-state index contributed by atoms with van der Waals surface area (Å²) >= 11 is 0. The molecule has 1 N–H and O–H groups in total. The molecule has 1 heterocycles. The Kier molecular flexibility index (Phi) is 4.42. The molecular formula is C15H25N3O. The zero-order chi connectivity index (χ0) is 13.9. The quantitative estimate of drug-likeness (QED) is 0.884. The van der Waals surface area contributed by atoms with Crippen molar-refractivity contribution in [1.82, 2.24) is 15.2 Å². The van der Waals surface area contributed by atoms with Crippen molar-refractivity contribution in [3.8, 4) is 5.75 Å². The van der Waals surface area contributed by atoms with Crippen LogP contribution in [0.4, 0.5) is 0 Å². The van der Waals surface area contributed by atoms with Crippen LogP contribution in [0.3, 0.4) is 0 Å². The summed E-state index contributed by atoms with van der Waals surface area (Å²) in [6.45, 7) is 0. The van der Waals surface area contributed by atoms with E-state index in [0.29, 0.717) is 0 Å². The summed E-state index contributed by atoms with van der Waals surface area (Å²) in [4.78, 5) is 6.68. The van der Waals surface area contributed by atoms with Crippen molar-refractivity contribution in [3.05, 3.63) is 24.0 Å². The predicted molar refractivity (Wildman–Crippen MR) is 77.5 cm³/mol. The molecule has 1 fully saturated rings. The van der Waals surface area contributed by atoms with E-state index in [1.165, 1.54) is 31.2 Å². The molecule has 0 saturated heterocycles. The van der Waals surface area contributed by atoms with E-state index in [1.807, 2.05) is 13.2 Å². The van der Waals surface area contributed by atoms with Crippen molar-refractivity contribution >= 4 is 0 Å². The van der Waals surface area contributed by atoms with E-state index in [2.05, 4.69) is 35.4 Å². The molecule has 0 radical (unpaired) electrons. The Balaban J connectivity index is 2.36. The van der Waals surface area contributed by atoms with Crippen molar-refractivity contribution in [2.24, 2.45) is 0 Å². The molecule has 106 valence electrons. The van der Waals surface area contributed by atoms with Crippen LogP contribution in [0.2, 0.25) is 0 Å². The van der Waals surface area contributed by atoms with Gasteiger partial charge in [0.1, 0.15) is 5.75 Å². The van der Waals surface area contributed by atoms with Crippen molar-refractivity contribution in [3.63, 3.8) is 0 Å². The minimum absolute atomic E-state index is 0.183. The third-order valence-corrected chi connectivity index (χ3v) is 4.49. The van der Waals surface area contributed by atoms with Gasteiger partial charge in [0.25, 0.3) is 0 Å². The van der Waals surface area contributed by atoms with Crippen molar-refractivity contribution in [2.45, 2.75) is 37.3 Å². The highest BCUT2D eigenvalue weighted by atomic mass is 16.5. The molecule has 1 atom stereocenters. The van der Waals surface area contributed by atoms with Crippen LogP contribution >= 0.6 is 0 Å². The Bertz CT molecular complexity index is 414. The number of aromatic nitrogens is 1. The zero-order valence-corrected chi connectivity index (χ0v) is 12.4. The maximum atomic E-state index is 5.30. The Hall–Kier alpha value is -1.13. The molecule has 1 aromatic heterocycles. The molecule has 0 bridgehead atoms. The van der Waals surface area contributed by atoms with Gasteiger partial charge in [-0.1, -0.05) is 12.8 Å². The first-order valence-corrected chi connectivity index (χ1v) is 6.97. The van der Waals surface area contributed by atoms with Crippen LogP contribution in [0, 0.1) is 0 Å². The van der Waals surface area contributed by atoms with Gasteiger partial charge in [-0.3, -0.25) is 4.98 Å². The number of pyridine rings is 1. The lowest BCUT2D eigenvalue weighted by Gasteiger charge is -2.43. The summed E-state index contributed by atoms with van der Waals surface area (Å²) in [7, 11) is 8.09. The van der Waals surface area contributed by atoms with Gasteiger partial charge in [0.2, 0.25) is 0 Å². The molecule has 0 aliphatic heterocycles. The fourth-order valence-electron chi connectivity index (χ4n) is 3.43. The van der Waals surface area contributed by atoms with Crippen molar-refractivity contribution < 1.29 is 4.74 Å². The van der Waals surface area contributed by atoms with E-state index in [9.17, 15) is 0 Å². The summed E-state index contributed by atoms with van der Waals surface area (Å²) in [5, 5.41) is 3.50. The van der Waals surface area contributed by atoms with Gasteiger partial charge in [0.15, 0.2) is 0 Å². The SMILES string of the molecule is CNC(c1cncc(OC)c1)C1(N(C)C)CCCC1. The summed E-state index contributed by atoms with van der Waals surface area (Å²) in [5.74, 6) is 0.824. The maximum Gasteiger partial charge on any atom is 0.137 e. The lowest BCUT2D eigenvalue weighted by atomic mass is 9.83. The van der Waals surface area contributed by atoms with Gasteiger partial charge < -0.3 is 15.0 Å². The normalized spacial score (nSPS) is 19.6. The van der Waals surface area contributed by atoms with Crippen LogP contribution in [0.1, 0.15) is 37.3 Å². The Labute approximate surface area is 116 Å². The number of methoxy groups -OCH3 is 1. The number of rotatable bonds is 5. The second-order valence-electron chi connectivity index (χ2n) is 5.58. The monoisotopic (exact) mass is 263 g/mol. The average molecular weight is 263 g/mol. The summed E-state index contributed by atoms with van der Waals surface area (Å²) in [6, 6.07) is 2.38. The second-order valence-corrected chi connectivity index (χ2v) is 5.58. The molecule has 4 nitrogen and oxygen atoms in total.